The number of piperidine rings is 1. The van der Waals surface area contributed by atoms with E-state index in [1.54, 1.807) is 4.90 Å². The van der Waals surface area contributed by atoms with Gasteiger partial charge in [-0.3, -0.25) is 4.79 Å². The average Bonchev–Trinajstić information content (AvgIpc) is 2.57. The second kappa shape index (κ2) is 8.60. The molecular formula is C19H31N3O2. The van der Waals surface area contributed by atoms with Crippen LogP contribution in [0.15, 0.2) is 24.3 Å². The molecule has 0 bridgehead atoms. The van der Waals surface area contributed by atoms with Crippen LogP contribution in [-0.2, 0) is 11.3 Å². The average molecular weight is 333 g/mol. The SMILES string of the molecule is CNCCNC[C@]1(O)CCCN(Cc2ccc(C(C)C)cc2)C1=O. The normalized spacial score (nSPS) is 21.5. The van der Waals surface area contributed by atoms with E-state index in [0.29, 0.717) is 32.0 Å². The number of carbonyl (C=O) groups is 1. The molecule has 1 aliphatic heterocycles. The number of likely N-dealkylation sites (N-methyl/N-ethyl adjacent to an activating group) is 1. The fourth-order valence-electron chi connectivity index (χ4n) is 3.12. The van der Waals surface area contributed by atoms with Gasteiger partial charge in [-0.2, -0.15) is 0 Å². The molecule has 0 unspecified atom stereocenters. The van der Waals surface area contributed by atoms with Gasteiger partial charge in [0.2, 0.25) is 0 Å². The van der Waals surface area contributed by atoms with E-state index in [9.17, 15) is 9.90 Å². The number of hydrogen-bond donors (Lipinski definition) is 3. The van der Waals surface area contributed by atoms with Crippen LogP contribution in [0.1, 0.15) is 43.7 Å². The number of likely N-dealkylation sites (tertiary alicyclic amines) is 1. The molecule has 0 radical (unpaired) electrons. The Morgan fingerprint density at radius 1 is 1.25 bits per heavy atom. The number of carbonyl (C=O) groups excluding carboxylic acids is 1. The van der Waals surface area contributed by atoms with Crippen LogP contribution in [0.2, 0.25) is 0 Å². The third-order valence-electron chi connectivity index (χ3n) is 4.69. The maximum absolute atomic E-state index is 12.7. The summed E-state index contributed by atoms with van der Waals surface area (Å²) in [5, 5.41) is 16.9. The summed E-state index contributed by atoms with van der Waals surface area (Å²) in [4.78, 5) is 14.5. The molecule has 0 saturated carbocycles. The number of benzene rings is 1. The Bertz CT molecular complexity index is 530. The molecule has 24 heavy (non-hydrogen) atoms. The summed E-state index contributed by atoms with van der Waals surface area (Å²) in [7, 11) is 1.88. The van der Waals surface area contributed by atoms with Gasteiger partial charge in [-0.05, 0) is 36.9 Å². The van der Waals surface area contributed by atoms with Crippen LogP contribution >= 0.6 is 0 Å². The van der Waals surface area contributed by atoms with Crippen LogP contribution in [0.4, 0.5) is 0 Å². The number of amides is 1. The lowest BCUT2D eigenvalue weighted by atomic mass is 9.91. The quantitative estimate of drug-likeness (QED) is 0.631. The van der Waals surface area contributed by atoms with E-state index < -0.39 is 5.60 Å². The number of nitrogens with one attached hydrogen (secondary N) is 2. The maximum atomic E-state index is 12.7. The van der Waals surface area contributed by atoms with Gasteiger partial charge in [0, 0.05) is 32.7 Å². The largest absolute Gasteiger partial charge is 0.379 e. The van der Waals surface area contributed by atoms with Gasteiger partial charge >= 0.3 is 0 Å². The second-order valence-electron chi connectivity index (χ2n) is 7.04. The third-order valence-corrected chi connectivity index (χ3v) is 4.69. The Morgan fingerprint density at radius 2 is 1.96 bits per heavy atom. The van der Waals surface area contributed by atoms with Gasteiger partial charge in [-0.1, -0.05) is 38.1 Å². The molecule has 1 aliphatic rings. The summed E-state index contributed by atoms with van der Waals surface area (Å²) < 4.78 is 0. The molecule has 0 aromatic heterocycles. The minimum atomic E-state index is -1.27. The lowest BCUT2D eigenvalue weighted by Crippen LogP contribution is -2.58. The van der Waals surface area contributed by atoms with E-state index in [-0.39, 0.29) is 5.91 Å². The van der Waals surface area contributed by atoms with E-state index in [4.69, 9.17) is 0 Å². The van der Waals surface area contributed by atoms with Crippen molar-refractivity contribution in [3.05, 3.63) is 35.4 Å². The van der Waals surface area contributed by atoms with Crippen LogP contribution in [-0.4, -0.2) is 54.7 Å². The molecule has 2 rings (SSSR count). The minimum Gasteiger partial charge on any atom is -0.379 e. The molecule has 1 atom stereocenters. The molecule has 1 fully saturated rings. The molecule has 3 N–H and O–H groups in total. The van der Waals surface area contributed by atoms with Gasteiger partial charge in [0.25, 0.3) is 5.91 Å². The molecule has 134 valence electrons. The monoisotopic (exact) mass is 333 g/mol. The van der Waals surface area contributed by atoms with E-state index in [0.717, 1.165) is 25.1 Å². The fraction of sp³-hybridized carbons (Fsp3) is 0.632. The summed E-state index contributed by atoms with van der Waals surface area (Å²) in [6, 6.07) is 8.42. The van der Waals surface area contributed by atoms with Crippen molar-refractivity contribution >= 4 is 5.91 Å². The van der Waals surface area contributed by atoms with Gasteiger partial charge in [-0.15, -0.1) is 0 Å². The van der Waals surface area contributed by atoms with E-state index in [1.807, 2.05) is 7.05 Å². The van der Waals surface area contributed by atoms with Crippen LogP contribution in [0, 0.1) is 0 Å². The highest BCUT2D eigenvalue weighted by atomic mass is 16.3. The number of nitrogens with zero attached hydrogens (tertiary/aromatic N) is 1. The summed E-state index contributed by atoms with van der Waals surface area (Å²) in [6.45, 7) is 7.49. The van der Waals surface area contributed by atoms with E-state index >= 15 is 0 Å². The van der Waals surface area contributed by atoms with Gasteiger partial charge in [-0.25, -0.2) is 0 Å². The zero-order valence-corrected chi connectivity index (χ0v) is 15.1. The van der Waals surface area contributed by atoms with Crippen molar-refractivity contribution in [1.82, 2.24) is 15.5 Å². The highest BCUT2D eigenvalue weighted by molar-refractivity contribution is 5.86. The lowest BCUT2D eigenvalue weighted by molar-refractivity contribution is -0.157. The van der Waals surface area contributed by atoms with Crippen molar-refractivity contribution in [3.8, 4) is 0 Å². The predicted molar refractivity (Wildman–Crippen MR) is 96.9 cm³/mol. The zero-order valence-electron chi connectivity index (χ0n) is 15.1. The van der Waals surface area contributed by atoms with Gasteiger partial charge in [0.1, 0.15) is 0 Å². The maximum Gasteiger partial charge on any atom is 0.256 e. The molecular weight excluding hydrogens is 302 g/mol. The zero-order chi connectivity index (χ0) is 17.6. The molecule has 0 aliphatic carbocycles. The Morgan fingerprint density at radius 3 is 2.58 bits per heavy atom. The van der Waals surface area contributed by atoms with Crippen LogP contribution in [0.3, 0.4) is 0 Å². The molecule has 1 aromatic rings. The lowest BCUT2D eigenvalue weighted by Gasteiger charge is -2.38. The minimum absolute atomic E-state index is 0.154. The second-order valence-corrected chi connectivity index (χ2v) is 7.04. The number of hydrogen-bond acceptors (Lipinski definition) is 4. The Kier molecular flexibility index (Phi) is 6.78. The van der Waals surface area contributed by atoms with Crippen LogP contribution < -0.4 is 10.6 Å². The number of aliphatic hydroxyl groups is 1. The summed E-state index contributed by atoms with van der Waals surface area (Å²) in [5.74, 6) is 0.350. The van der Waals surface area contributed by atoms with Gasteiger partial charge in [0.05, 0.1) is 0 Å². The molecule has 1 amide bonds. The van der Waals surface area contributed by atoms with Crippen molar-refractivity contribution < 1.29 is 9.90 Å². The van der Waals surface area contributed by atoms with Crippen LogP contribution in [0.5, 0.6) is 0 Å². The Labute approximate surface area is 145 Å². The van der Waals surface area contributed by atoms with Crippen LogP contribution in [0.25, 0.3) is 0 Å². The third kappa shape index (κ3) is 4.79. The smallest absolute Gasteiger partial charge is 0.256 e. The first-order valence-electron chi connectivity index (χ1n) is 8.92. The standard InChI is InChI=1S/C19H31N3O2/c1-15(2)17-7-5-16(6-8-17)13-22-12-4-9-19(24,18(22)23)14-21-11-10-20-3/h5-8,15,20-21,24H,4,9-14H2,1-3H3/t19-/m1/s1. The van der Waals surface area contributed by atoms with Crippen molar-refractivity contribution in [3.63, 3.8) is 0 Å². The Balaban J connectivity index is 1.96. The highest BCUT2D eigenvalue weighted by Crippen LogP contribution is 2.24. The number of rotatable bonds is 8. The summed E-state index contributed by atoms with van der Waals surface area (Å²) in [5.41, 5.74) is 1.14. The summed E-state index contributed by atoms with van der Waals surface area (Å²) >= 11 is 0. The molecule has 5 nitrogen and oxygen atoms in total. The topological polar surface area (TPSA) is 64.6 Å². The highest BCUT2D eigenvalue weighted by Gasteiger charge is 2.41. The van der Waals surface area contributed by atoms with Gasteiger partial charge < -0.3 is 20.6 Å². The molecule has 1 saturated heterocycles. The molecule has 1 aromatic carbocycles. The predicted octanol–water partition coefficient (Wildman–Crippen LogP) is 1.47. The first-order chi connectivity index (χ1) is 11.5. The van der Waals surface area contributed by atoms with E-state index in [2.05, 4.69) is 48.7 Å². The first-order valence-corrected chi connectivity index (χ1v) is 8.92. The first kappa shape index (κ1) is 18.9. The molecule has 0 spiro atoms. The van der Waals surface area contributed by atoms with Crippen molar-refractivity contribution in [2.24, 2.45) is 0 Å². The van der Waals surface area contributed by atoms with Crippen molar-refractivity contribution in [2.45, 2.75) is 44.8 Å². The fourth-order valence-corrected chi connectivity index (χ4v) is 3.12. The molecule has 5 heteroatoms. The summed E-state index contributed by atoms with van der Waals surface area (Å²) in [6.07, 6.45) is 1.36. The molecule has 1 heterocycles. The Hall–Kier alpha value is -1.43. The van der Waals surface area contributed by atoms with E-state index in [1.165, 1.54) is 5.56 Å². The van der Waals surface area contributed by atoms with Crippen molar-refractivity contribution in [1.29, 1.82) is 0 Å². The van der Waals surface area contributed by atoms with Crippen molar-refractivity contribution in [2.75, 3.05) is 33.2 Å². The van der Waals surface area contributed by atoms with Gasteiger partial charge in [0.15, 0.2) is 5.60 Å².